The van der Waals surface area contributed by atoms with Gasteiger partial charge in [-0.15, -0.1) is 0 Å². The molecule has 0 aliphatic heterocycles. The third kappa shape index (κ3) is 116. The summed E-state index contributed by atoms with van der Waals surface area (Å²) in [6.45, 7) is 0. The van der Waals surface area contributed by atoms with E-state index in [1.54, 1.807) is 0 Å². The Bertz CT molecular complexity index is 57.8. The summed E-state index contributed by atoms with van der Waals surface area (Å²) >= 11 is 0. The van der Waals surface area contributed by atoms with Crippen LogP contribution in [0, 0.1) is 0 Å². The van der Waals surface area contributed by atoms with Gasteiger partial charge in [0.15, 0.2) is 0 Å². The molecular formula is H3MnO4PTi. The quantitative estimate of drug-likeness (QED) is 0.349. The van der Waals surface area contributed by atoms with Crippen molar-refractivity contribution in [3.63, 3.8) is 0 Å². The second-order valence-corrected chi connectivity index (χ2v) is 1.54. The summed E-state index contributed by atoms with van der Waals surface area (Å²) in [7, 11) is -4.64. The fourth-order valence-corrected chi connectivity index (χ4v) is 0. The topological polar surface area (TPSA) is 77.8 Å². The zero-order valence-electron chi connectivity index (χ0n) is 3.08. The van der Waals surface area contributed by atoms with Crippen LogP contribution in [0.5, 0.6) is 0 Å². The van der Waals surface area contributed by atoms with Crippen LogP contribution in [0.15, 0.2) is 0 Å². The van der Waals surface area contributed by atoms with Crippen molar-refractivity contribution in [2.75, 3.05) is 0 Å². The van der Waals surface area contributed by atoms with Crippen LogP contribution in [0.4, 0.5) is 0 Å². The molecule has 0 aliphatic carbocycles. The van der Waals surface area contributed by atoms with Crippen molar-refractivity contribution in [2.45, 2.75) is 0 Å². The standard InChI is InChI=1S/Mn.H3O4P.Ti/c;1-5(2,3)4;/h;(H3,1,2,3,4);. The Labute approximate surface area is 65.9 Å². The monoisotopic (exact) mass is 201 g/mol. The van der Waals surface area contributed by atoms with Crippen molar-refractivity contribution in [3.8, 4) is 0 Å². The Balaban J connectivity index is -0.0000000800. The van der Waals surface area contributed by atoms with Gasteiger partial charge >= 0.3 is 7.82 Å². The summed E-state index contributed by atoms with van der Waals surface area (Å²) < 4.78 is 8.88. The summed E-state index contributed by atoms with van der Waals surface area (Å²) in [6, 6.07) is 0. The molecule has 0 aromatic carbocycles. The van der Waals surface area contributed by atoms with E-state index < -0.39 is 7.82 Å². The Kier molecular flexibility index (Phi) is 12.3. The molecule has 0 atom stereocenters. The zero-order valence-corrected chi connectivity index (χ0v) is 6.71. The summed E-state index contributed by atoms with van der Waals surface area (Å²) in [4.78, 5) is 21.6. The summed E-state index contributed by atoms with van der Waals surface area (Å²) in [5.74, 6) is 0. The molecule has 43 valence electrons. The van der Waals surface area contributed by atoms with Crippen LogP contribution in [-0.2, 0) is 43.4 Å². The van der Waals surface area contributed by atoms with Crippen LogP contribution in [0.3, 0.4) is 0 Å². The maximum absolute atomic E-state index is 8.88. The molecule has 0 amide bonds. The van der Waals surface area contributed by atoms with E-state index in [2.05, 4.69) is 0 Å². The fraction of sp³-hybridized carbons (Fsp3) is 0. The number of hydrogen-bond donors (Lipinski definition) is 3. The molecule has 0 heterocycles. The predicted molar refractivity (Wildman–Crippen MR) is 14.3 cm³/mol. The van der Waals surface area contributed by atoms with Crippen LogP contribution < -0.4 is 0 Å². The van der Waals surface area contributed by atoms with Crippen LogP contribution in [-0.4, -0.2) is 14.7 Å². The van der Waals surface area contributed by atoms with Gasteiger partial charge in [-0.3, -0.25) is 0 Å². The number of hydrogen-bond acceptors (Lipinski definition) is 1. The molecule has 0 spiro atoms. The first kappa shape index (κ1) is 15.8. The van der Waals surface area contributed by atoms with Gasteiger partial charge in [-0.05, 0) is 0 Å². The maximum atomic E-state index is 8.88. The first-order chi connectivity index (χ1) is 2.00. The Morgan fingerprint density at radius 2 is 1.14 bits per heavy atom. The summed E-state index contributed by atoms with van der Waals surface area (Å²) in [5.41, 5.74) is 0. The number of phosphoric acid groups is 1. The molecular weight excluding hydrogens is 198 g/mol. The van der Waals surface area contributed by atoms with Gasteiger partial charge in [0.25, 0.3) is 0 Å². The molecule has 0 aliphatic rings. The Morgan fingerprint density at radius 3 is 1.14 bits per heavy atom. The molecule has 0 fully saturated rings. The van der Waals surface area contributed by atoms with Crippen LogP contribution in [0.25, 0.3) is 0 Å². The van der Waals surface area contributed by atoms with E-state index in [1.165, 1.54) is 0 Å². The van der Waals surface area contributed by atoms with E-state index in [-0.39, 0.29) is 38.8 Å². The molecule has 1 radical (unpaired) electrons. The van der Waals surface area contributed by atoms with Gasteiger partial charge < -0.3 is 14.7 Å². The molecule has 0 saturated carbocycles. The molecule has 0 rings (SSSR count). The summed E-state index contributed by atoms with van der Waals surface area (Å²) in [6.07, 6.45) is 0. The zero-order chi connectivity index (χ0) is 4.50. The molecule has 0 aromatic heterocycles. The van der Waals surface area contributed by atoms with Gasteiger partial charge in [-0.2, -0.15) is 0 Å². The van der Waals surface area contributed by atoms with E-state index in [1.807, 2.05) is 0 Å². The second-order valence-electron chi connectivity index (χ2n) is 0.513. The minimum Gasteiger partial charge on any atom is -0.303 e. The van der Waals surface area contributed by atoms with E-state index in [4.69, 9.17) is 19.2 Å². The van der Waals surface area contributed by atoms with Crippen molar-refractivity contribution >= 4 is 7.82 Å². The SMILES string of the molecule is O=P(O)(O)O.[Mn].[Ti]. The van der Waals surface area contributed by atoms with Crippen molar-refractivity contribution in [1.29, 1.82) is 0 Å². The Morgan fingerprint density at radius 1 is 1.14 bits per heavy atom. The molecule has 0 saturated heterocycles. The average Bonchev–Trinajstić information content (AvgIpc) is 0.722. The second kappa shape index (κ2) is 5.48. The van der Waals surface area contributed by atoms with Crippen molar-refractivity contribution < 1.29 is 58.0 Å². The maximum Gasteiger partial charge on any atom is 0.466 e. The van der Waals surface area contributed by atoms with E-state index in [0.717, 1.165) is 0 Å². The molecule has 7 heavy (non-hydrogen) atoms. The molecule has 4 nitrogen and oxygen atoms in total. The normalized spacial score (nSPS) is 8.43. The molecule has 0 bridgehead atoms. The van der Waals surface area contributed by atoms with Gasteiger partial charge in [-0.1, -0.05) is 0 Å². The van der Waals surface area contributed by atoms with Gasteiger partial charge in [0.1, 0.15) is 0 Å². The molecule has 0 aromatic rings. The fourth-order valence-electron chi connectivity index (χ4n) is 0. The smallest absolute Gasteiger partial charge is 0.303 e. The third-order valence-electron chi connectivity index (χ3n) is 0. The Hall–Kier alpha value is 1.34. The summed E-state index contributed by atoms with van der Waals surface area (Å²) in [5, 5.41) is 0. The van der Waals surface area contributed by atoms with Gasteiger partial charge in [0.05, 0.1) is 0 Å². The van der Waals surface area contributed by atoms with E-state index >= 15 is 0 Å². The van der Waals surface area contributed by atoms with Gasteiger partial charge in [0.2, 0.25) is 0 Å². The van der Waals surface area contributed by atoms with Crippen molar-refractivity contribution in [1.82, 2.24) is 0 Å². The predicted octanol–water partition coefficient (Wildman–Crippen LogP) is -0.934. The average molecular weight is 201 g/mol. The first-order valence-corrected chi connectivity index (χ1v) is 2.35. The van der Waals surface area contributed by atoms with E-state index in [0.29, 0.717) is 0 Å². The number of rotatable bonds is 0. The largest absolute Gasteiger partial charge is 0.466 e. The van der Waals surface area contributed by atoms with Gasteiger partial charge in [-0.25, -0.2) is 4.57 Å². The first-order valence-electron chi connectivity index (χ1n) is 0.783. The molecule has 3 N–H and O–H groups in total. The molecule has 0 unspecified atom stereocenters. The van der Waals surface area contributed by atoms with Crippen molar-refractivity contribution in [2.24, 2.45) is 0 Å². The van der Waals surface area contributed by atoms with Crippen LogP contribution in [0.2, 0.25) is 0 Å². The van der Waals surface area contributed by atoms with Crippen molar-refractivity contribution in [3.05, 3.63) is 0 Å². The minimum atomic E-state index is -4.64. The van der Waals surface area contributed by atoms with Crippen LogP contribution >= 0.6 is 7.82 Å². The third-order valence-corrected chi connectivity index (χ3v) is 0. The van der Waals surface area contributed by atoms with Crippen LogP contribution in [0.1, 0.15) is 0 Å². The minimum absolute atomic E-state index is 0. The van der Waals surface area contributed by atoms with Gasteiger partial charge in [0, 0.05) is 38.8 Å². The molecule has 7 heteroatoms. The van der Waals surface area contributed by atoms with E-state index in [9.17, 15) is 0 Å².